The summed E-state index contributed by atoms with van der Waals surface area (Å²) in [5.41, 5.74) is 0.757. The third kappa shape index (κ3) is 5.92. The normalized spacial score (nSPS) is 9.47. The van der Waals surface area contributed by atoms with E-state index in [0.29, 0.717) is 6.42 Å². The molecule has 17 heavy (non-hydrogen) atoms. The molecule has 0 spiro atoms. The summed E-state index contributed by atoms with van der Waals surface area (Å²) in [5, 5.41) is 0. The van der Waals surface area contributed by atoms with Crippen molar-refractivity contribution in [2.75, 3.05) is 0 Å². The topological polar surface area (TPSA) is 17.1 Å². The Balaban J connectivity index is 2.22. The van der Waals surface area contributed by atoms with E-state index >= 15 is 0 Å². The highest BCUT2D eigenvalue weighted by Gasteiger charge is 2.01. The number of benzene rings is 1. The smallest absolute Gasteiger partial charge is 0.174 e. The average molecular weight is 228 g/mol. The minimum atomic E-state index is 0.117. The Morgan fingerprint density at radius 3 is 2.53 bits per heavy atom. The molecule has 0 atom stereocenters. The maximum Gasteiger partial charge on any atom is 0.174 e. The van der Waals surface area contributed by atoms with Gasteiger partial charge in [0.1, 0.15) is 0 Å². The second-order valence-corrected chi connectivity index (χ2v) is 4.13. The molecule has 1 heteroatoms. The summed E-state index contributed by atoms with van der Waals surface area (Å²) in [4.78, 5) is 11.7. The molecule has 1 aromatic rings. The zero-order valence-electron chi connectivity index (χ0n) is 10.5. The van der Waals surface area contributed by atoms with Crippen molar-refractivity contribution in [3.05, 3.63) is 35.9 Å². The van der Waals surface area contributed by atoms with Gasteiger partial charge in [0.15, 0.2) is 5.78 Å². The Morgan fingerprint density at radius 2 is 1.82 bits per heavy atom. The maximum atomic E-state index is 11.7. The molecule has 90 valence electrons. The fourth-order valence-electron chi connectivity index (χ4n) is 1.60. The molecule has 1 aromatic carbocycles. The van der Waals surface area contributed by atoms with Crippen LogP contribution in [0.15, 0.2) is 30.3 Å². The van der Waals surface area contributed by atoms with Crippen LogP contribution in [0.25, 0.3) is 0 Å². The van der Waals surface area contributed by atoms with Gasteiger partial charge in [-0.25, -0.2) is 0 Å². The summed E-state index contributed by atoms with van der Waals surface area (Å²) in [6.07, 6.45) is 6.20. The molecule has 0 aliphatic heterocycles. The molecule has 0 radical (unpaired) electrons. The molecule has 0 amide bonds. The number of unbranched alkanes of at least 4 members (excludes halogenated alkanes) is 4. The molecule has 0 aliphatic carbocycles. The number of carbonyl (C=O) groups excluding carboxylic acids is 1. The van der Waals surface area contributed by atoms with E-state index in [2.05, 4.69) is 18.8 Å². The molecule has 0 unspecified atom stereocenters. The number of hydrogen-bond acceptors (Lipinski definition) is 1. The van der Waals surface area contributed by atoms with E-state index in [-0.39, 0.29) is 5.78 Å². The molecule has 0 N–H and O–H groups in total. The summed E-state index contributed by atoms with van der Waals surface area (Å²) in [5.74, 6) is 6.15. The van der Waals surface area contributed by atoms with E-state index in [1.165, 1.54) is 19.3 Å². The van der Waals surface area contributed by atoms with Gasteiger partial charge >= 0.3 is 0 Å². The van der Waals surface area contributed by atoms with Gasteiger partial charge in [-0.1, -0.05) is 62.4 Å². The van der Waals surface area contributed by atoms with Crippen molar-refractivity contribution in [2.24, 2.45) is 0 Å². The first-order valence-corrected chi connectivity index (χ1v) is 6.38. The van der Waals surface area contributed by atoms with E-state index in [4.69, 9.17) is 0 Å². The van der Waals surface area contributed by atoms with Gasteiger partial charge < -0.3 is 0 Å². The van der Waals surface area contributed by atoms with Gasteiger partial charge in [-0.2, -0.15) is 0 Å². The van der Waals surface area contributed by atoms with Crippen LogP contribution in [0.1, 0.15) is 55.8 Å². The van der Waals surface area contributed by atoms with Crippen molar-refractivity contribution >= 4 is 5.78 Å². The number of hydrogen-bond donors (Lipinski definition) is 0. The van der Waals surface area contributed by atoms with Gasteiger partial charge in [-0.15, -0.1) is 5.92 Å². The van der Waals surface area contributed by atoms with Gasteiger partial charge in [0, 0.05) is 12.0 Å². The fraction of sp³-hybridized carbons (Fsp3) is 0.438. The Hall–Kier alpha value is -1.55. The first kappa shape index (κ1) is 13.5. The molecule has 0 saturated carbocycles. The van der Waals surface area contributed by atoms with Crippen LogP contribution in [0.4, 0.5) is 0 Å². The van der Waals surface area contributed by atoms with Gasteiger partial charge in [-0.05, 0) is 6.42 Å². The number of carbonyl (C=O) groups is 1. The van der Waals surface area contributed by atoms with Crippen molar-refractivity contribution in [3.8, 4) is 11.8 Å². The zero-order valence-corrected chi connectivity index (χ0v) is 10.5. The second kappa shape index (κ2) is 8.58. The molecular weight excluding hydrogens is 208 g/mol. The number of rotatable bonds is 6. The van der Waals surface area contributed by atoms with Crippen LogP contribution in [0.5, 0.6) is 0 Å². The van der Waals surface area contributed by atoms with Crippen LogP contribution in [-0.2, 0) is 0 Å². The molecule has 0 bridgehead atoms. The maximum absolute atomic E-state index is 11.7. The summed E-state index contributed by atoms with van der Waals surface area (Å²) in [6, 6.07) is 9.35. The first-order valence-electron chi connectivity index (χ1n) is 6.38. The predicted molar refractivity (Wildman–Crippen MR) is 71.9 cm³/mol. The van der Waals surface area contributed by atoms with Crippen molar-refractivity contribution in [2.45, 2.75) is 45.4 Å². The van der Waals surface area contributed by atoms with Gasteiger partial charge in [0.25, 0.3) is 0 Å². The average Bonchev–Trinajstić information content (AvgIpc) is 2.38. The first-order chi connectivity index (χ1) is 8.34. The van der Waals surface area contributed by atoms with Crippen LogP contribution in [-0.4, -0.2) is 5.78 Å². The van der Waals surface area contributed by atoms with Crippen LogP contribution < -0.4 is 0 Å². The highest BCUT2D eigenvalue weighted by Crippen LogP contribution is 2.03. The minimum absolute atomic E-state index is 0.117. The minimum Gasteiger partial charge on any atom is -0.293 e. The summed E-state index contributed by atoms with van der Waals surface area (Å²) in [6.45, 7) is 2.20. The monoisotopic (exact) mass is 228 g/mol. The lowest BCUT2D eigenvalue weighted by Crippen LogP contribution is -1.96. The lowest BCUT2D eigenvalue weighted by molar-refractivity contribution is 0.0998. The number of Topliss-reactive ketones (excluding diaryl/α,β-unsaturated/α-hetero) is 1. The third-order valence-corrected chi connectivity index (χ3v) is 2.63. The SMILES string of the molecule is CCCCCCC#CCC(=O)c1ccccc1. The molecule has 0 saturated heterocycles. The third-order valence-electron chi connectivity index (χ3n) is 2.63. The molecule has 0 aliphatic rings. The quantitative estimate of drug-likeness (QED) is 0.404. The fourth-order valence-corrected chi connectivity index (χ4v) is 1.60. The summed E-state index contributed by atoms with van der Waals surface area (Å²) < 4.78 is 0. The van der Waals surface area contributed by atoms with Gasteiger partial charge in [-0.3, -0.25) is 4.79 Å². The highest BCUT2D eigenvalue weighted by molar-refractivity contribution is 5.97. The van der Waals surface area contributed by atoms with Crippen molar-refractivity contribution in [1.82, 2.24) is 0 Å². The van der Waals surface area contributed by atoms with Crippen LogP contribution in [0.2, 0.25) is 0 Å². The second-order valence-electron chi connectivity index (χ2n) is 4.13. The standard InChI is InChI=1S/C16H20O/c1-2-3-4-5-6-7-11-14-16(17)15-12-9-8-10-13-15/h8-10,12-13H,2-6,14H2,1H3. The lowest BCUT2D eigenvalue weighted by atomic mass is 10.1. The lowest BCUT2D eigenvalue weighted by Gasteiger charge is -1.94. The molecule has 1 nitrogen and oxygen atoms in total. The molecular formula is C16H20O. The molecule has 0 aromatic heterocycles. The van der Waals surface area contributed by atoms with E-state index in [1.54, 1.807) is 0 Å². The summed E-state index contributed by atoms with van der Waals surface area (Å²) >= 11 is 0. The zero-order chi connectivity index (χ0) is 12.3. The number of ketones is 1. The Bertz CT molecular complexity index is 381. The van der Waals surface area contributed by atoms with Crippen molar-refractivity contribution in [3.63, 3.8) is 0 Å². The Kier molecular flexibility index (Phi) is 6.82. The largest absolute Gasteiger partial charge is 0.293 e. The Morgan fingerprint density at radius 1 is 1.06 bits per heavy atom. The van der Waals surface area contributed by atoms with E-state index < -0.39 is 0 Å². The molecule has 0 heterocycles. The highest BCUT2D eigenvalue weighted by atomic mass is 16.1. The van der Waals surface area contributed by atoms with Crippen LogP contribution in [0, 0.1) is 11.8 Å². The van der Waals surface area contributed by atoms with E-state index in [9.17, 15) is 4.79 Å². The van der Waals surface area contributed by atoms with Crippen LogP contribution >= 0.6 is 0 Å². The van der Waals surface area contributed by atoms with E-state index in [0.717, 1.165) is 18.4 Å². The molecule has 1 rings (SSSR count). The van der Waals surface area contributed by atoms with Crippen molar-refractivity contribution < 1.29 is 4.79 Å². The van der Waals surface area contributed by atoms with Gasteiger partial charge in [0.05, 0.1) is 6.42 Å². The van der Waals surface area contributed by atoms with Crippen LogP contribution in [0.3, 0.4) is 0 Å². The van der Waals surface area contributed by atoms with Crippen molar-refractivity contribution in [1.29, 1.82) is 0 Å². The molecule has 0 fully saturated rings. The van der Waals surface area contributed by atoms with E-state index in [1.807, 2.05) is 30.3 Å². The predicted octanol–water partition coefficient (Wildman–Crippen LogP) is 4.23. The van der Waals surface area contributed by atoms with Gasteiger partial charge in [0.2, 0.25) is 0 Å². The summed E-state index contributed by atoms with van der Waals surface area (Å²) in [7, 11) is 0. The Labute approximate surface area is 104 Å².